The van der Waals surface area contributed by atoms with E-state index in [0.717, 1.165) is 37.3 Å². The van der Waals surface area contributed by atoms with Crippen molar-refractivity contribution in [2.24, 2.45) is 0 Å². The van der Waals surface area contributed by atoms with E-state index in [1.165, 1.54) is 7.11 Å². The Labute approximate surface area is 166 Å². The molecule has 0 bridgehead atoms. The molecule has 0 unspecified atom stereocenters. The number of methoxy groups -OCH3 is 1. The molecule has 1 aromatic heterocycles. The van der Waals surface area contributed by atoms with Crippen LogP contribution in [-0.2, 0) is 10.0 Å². The highest BCUT2D eigenvalue weighted by Crippen LogP contribution is 2.24. The zero-order valence-corrected chi connectivity index (χ0v) is 17.3. The van der Waals surface area contributed by atoms with E-state index in [1.54, 1.807) is 24.3 Å². The van der Waals surface area contributed by atoms with Crippen LogP contribution in [0.5, 0.6) is 11.6 Å². The maximum Gasteiger partial charge on any atom is 0.244 e. The lowest BCUT2D eigenvalue weighted by atomic mass is 10.2. The maximum atomic E-state index is 12.6. The summed E-state index contributed by atoms with van der Waals surface area (Å²) in [5.41, 5.74) is 0.836. The Morgan fingerprint density at radius 1 is 1.14 bits per heavy atom. The third-order valence-electron chi connectivity index (χ3n) is 4.48. The average molecular weight is 407 g/mol. The first-order chi connectivity index (χ1) is 13.4. The topological polar surface area (TPSA) is 93.7 Å². The Hall–Kier alpha value is -2.39. The lowest BCUT2D eigenvalue weighted by molar-refractivity contribution is 0.309. The van der Waals surface area contributed by atoms with Crippen molar-refractivity contribution < 1.29 is 17.9 Å². The number of ether oxygens (including phenoxy) is 2. The van der Waals surface area contributed by atoms with Crippen molar-refractivity contribution in [1.82, 2.24) is 14.7 Å². The highest BCUT2D eigenvalue weighted by Gasteiger charge is 2.19. The molecule has 0 atom stereocenters. The van der Waals surface area contributed by atoms with Crippen molar-refractivity contribution in [1.29, 1.82) is 0 Å². The second-order valence-electron chi connectivity index (χ2n) is 6.71. The van der Waals surface area contributed by atoms with Crippen LogP contribution < -0.4 is 19.1 Å². The predicted octanol–water partition coefficient (Wildman–Crippen LogP) is 2.06. The quantitative estimate of drug-likeness (QED) is 0.671. The van der Waals surface area contributed by atoms with Crippen molar-refractivity contribution in [3.05, 3.63) is 35.7 Å². The lowest BCUT2D eigenvalue weighted by Crippen LogP contribution is -2.29. The van der Waals surface area contributed by atoms with Gasteiger partial charge in [-0.2, -0.15) is 4.98 Å². The molecule has 28 heavy (non-hydrogen) atoms. The maximum absolute atomic E-state index is 12.6. The minimum atomic E-state index is -3.71. The average Bonchev–Trinajstić information content (AvgIpc) is 3.20. The molecule has 3 rings (SSSR count). The Balaban J connectivity index is 1.60. The Morgan fingerprint density at radius 3 is 2.61 bits per heavy atom. The van der Waals surface area contributed by atoms with E-state index < -0.39 is 10.0 Å². The summed E-state index contributed by atoms with van der Waals surface area (Å²) in [5, 5.41) is 0. The molecule has 1 N–H and O–H groups in total. The van der Waals surface area contributed by atoms with Crippen LogP contribution in [0.3, 0.4) is 0 Å². The van der Waals surface area contributed by atoms with E-state index in [4.69, 9.17) is 9.47 Å². The van der Waals surface area contributed by atoms with E-state index in [9.17, 15) is 8.42 Å². The third kappa shape index (κ3) is 4.90. The number of anilines is 1. The van der Waals surface area contributed by atoms with Gasteiger partial charge in [0.25, 0.3) is 0 Å². The monoisotopic (exact) mass is 406 g/mol. The lowest BCUT2D eigenvalue weighted by Gasteiger charge is -2.17. The van der Waals surface area contributed by atoms with Crippen LogP contribution in [0.15, 0.2) is 29.2 Å². The number of aromatic nitrogens is 2. The first-order valence-corrected chi connectivity index (χ1v) is 10.7. The van der Waals surface area contributed by atoms with Crippen LogP contribution in [-0.4, -0.2) is 51.7 Å². The van der Waals surface area contributed by atoms with Gasteiger partial charge in [0.2, 0.25) is 15.9 Å². The molecule has 1 aliphatic rings. The van der Waals surface area contributed by atoms with Gasteiger partial charge in [-0.1, -0.05) is 6.07 Å². The zero-order chi connectivity index (χ0) is 20.1. The van der Waals surface area contributed by atoms with E-state index in [0.29, 0.717) is 17.5 Å². The number of nitrogens with zero attached hydrogens (tertiary/aromatic N) is 3. The summed E-state index contributed by atoms with van der Waals surface area (Å²) in [4.78, 5) is 11.1. The number of hydrogen-bond donors (Lipinski definition) is 1. The molecule has 2 aromatic rings. The molecular weight excluding hydrogens is 380 g/mol. The van der Waals surface area contributed by atoms with Gasteiger partial charge >= 0.3 is 0 Å². The summed E-state index contributed by atoms with van der Waals surface area (Å²) in [6, 6.07) is 6.83. The second-order valence-corrected chi connectivity index (χ2v) is 8.44. The Morgan fingerprint density at radius 2 is 1.89 bits per heavy atom. The fourth-order valence-corrected chi connectivity index (χ4v) is 4.38. The highest BCUT2D eigenvalue weighted by molar-refractivity contribution is 7.89. The van der Waals surface area contributed by atoms with Gasteiger partial charge < -0.3 is 14.4 Å². The van der Waals surface area contributed by atoms with Gasteiger partial charge in [-0.3, -0.25) is 0 Å². The van der Waals surface area contributed by atoms with Gasteiger partial charge in [0.15, 0.2) is 0 Å². The minimum absolute atomic E-state index is 0.113. The van der Waals surface area contributed by atoms with Crippen molar-refractivity contribution in [3.8, 4) is 11.6 Å². The minimum Gasteiger partial charge on any atom is -0.495 e. The third-order valence-corrected chi connectivity index (χ3v) is 5.97. The van der Waals surface area contributed by atoms with Gasteiger partial charge in [0, 0.05) is 25.7 Å². The molecule has 2 heterocycles. The number of nitrogens with one attached hydrogen (secondary N) is 1. The number of sulfonamides is 1. The molecule has 8 nitrogen and oxygen atoms in total. The number of aryl methyl sites for hydroxylation is 2. The first kappa shape index (κ1) is 20.3. The van der Waals surface area contributed by atoms with Crippen molar-refractivity contribution >= 4 is 15.8 Å². The van der Waals surface area contributed by atoms with E-state index in [1.807, 2.05) is 13.8 Å². The van der Waals surface area contributed by atoms with Crippen LogP contribution >= 0.6 is 0 Å². The van der Waals surface area contributed by atoms with E-state index >= 15 is 0 Å². The largest absolute Gasteiger partial charge is 0.495 e. The molecule has 9 heteroatoms. The SMILES string of the molecule is COc1ccc(C)cc1S(=O)(=O)NCCOc1cc(N2CCCC2)nc(C)n1. The number of rotatable bonds is 8. The van der Waals surface area contributed by atoms with Crippen LogP contribution in [0.2, 0.25) is 0 Å². The summed E-state index contributed by atoms with van der Waals surface area (Å²) in [6.07, 6.45) is 2.31. The molecule has 0 radical (unpaired) electrons. The first-order valence-electron chi connectivity index (χ1n) is 9.27. The van der Waals surface area contributed by atoms with Crippen molar-refractivity contribution in [2.75, 3.05) is 38.3 Å². The zero-order valence-electron chi connectivity index (χ0n) is 16.4. The standard InChI is InChI=1S/C19H26N4O4S/c1-14-6-7-16(26-3)17(12-14)28(24,25)20-8-11-27-19-13-18(21-15(2)22-19)23-9-4-5-10-23/h6-7,12-13,20H,4-5,8-11H2,1-3H3. The molecular formula is C19H26N4O4S. The second kappa shape index (κ2) is 8.74. The van der Waals surface area contributed by atoms with Crippen LogP contribution in [0.25, 0.3) is 0 Å². The molecule has 0 amide bonds. The number of hydrogen-bond acceptors (Lipinski definition) is 7. The van der Waals surface area contributed by atoms with Gasteiger partial charge in [-0.15, -0.1) is 0 Å². The number of benzene rings is 1. The van der Waals surface area contributed by atoms with E-state index in [2.05, 4.69) is 19.6 Å². The molecule has 0 saturated carbocycles. The summed E-state index contributed by atoms with van der Waals surface area (Å²) in [5.74, 6) is 2.23. The normalized spacial score (nSPS) is 14.3. The van der Waals surface area contributed by atoms with Crippen molar-refractivity contribution in [2.45, 2.75) is 31.6 Å². The highest BCUT2D eigenvalue weighted by atomic mass is 32.2. The Bertz CT molecular complexity index is 928. The van der Waals surface area contributed by atoms with Crippen LogP contribution in [0, 0.1) is 13.8 Å². The molecule has 152 valence electrons. The summed E-state index contributed by atoms with van der Waals surface area (Å²) in [7, 11) is -2.26. The fourth-order valence-electron chi connectivity index (χ4n) is 3.11. The molecule has 0 spiro atoms. The van der Waals surface area contributed by atoms with Gasteiger partial charge in [-0.25, -0.2) is 18.1 Å². The molecule has 0 aliphatic carbocycles. The van der Waals surface area contributed by atoms with Crippen molar-refractivity contribution in [3.63, 3.8) is 0 Å². The predicted molar refractivity (Wildman–Crippen MR) is 107 cm³/mol. The van der Waals surface area contributed by atoms with Gasteiger partial charge in [-0.05, 0) is 44.4 Å². The van der Waals surface area contributed by atoms with Crippen LogP contribution in [0.1, 0.15) is 24.2 Å². The Kier molecular flexibility index (Phi) is 6.35. The molecule has 1 aliphatic heterocycles. The summed E-state index contributed by atoms with van der Waals surface area (Å²) >= 11 is 0. The van der Waals surface area contributed by atoms with Crippen LogP contribution in [0.4, 0.5) is 5.82 Å². The summed E-state index contributed by atoms with van der Waals surface area (Å²) < 4.78 is 38.5. The smallest absolute Gasteiger partial charge is 0.244 e. The van der Waals surface area contributed by atoms with Gasteiger partial charge in [0.05, 0.1) is 7.11 Å². The summed E-state index contributed by atoms with van der Waals surface area (Å²) in [6.45, 7) is 5.88. The van der Waals surface area contributed by atoms with E-state index in [-0.39, 0.29) is 18.0 Å². The fraction of sp³-hybridized carbons (Fsp3) is 0.474. The molecule has 1 saturated heterocycles. The molecule has 1 aromatic carbocycles. The molecule has 1 fully saturated rings. The van der Waals surface area contributed by atoms with Gasteiger partial charge in [0.1, 0.15) is 28.9 Å².